The Morgan fingerprint density at radius 2 is 1.95 bits per heavy atom. The van der Waals surface area contributed by atoms with Crippen molar-refractivity contribution >= 4 is 5.97 Å². The first-order valence-electron chi connectivity index (χ1n) is 7.04. The topological polar surface area (TPSA) is 68.5 Å². The van der Waals surface area contributed by atoms with E-state index < -0.39 is 24.1 Å². The van der Waals surface area contributed by atoms with Crippen LogP contribution < -0.4 is 0 Å². The number of hydrogen-bond donors (Lipinski definition) is 0. The van der Waals surface area contributed by atoms with Gasteiger partial charge in [-0.05, 0) is 12.8 Å². The summed E-state index contributed by atoms with van der Waals surface area (Å²) in [6, 6.07) is 1.97. The highest BCUT2D eigenvalue weighted by atomic mass is 16.6. The molecule has 1 aliphatic heterocycles. The van der Waals surface area contributed by atoms with Crippen molar-refractivity contribution < 1.29 is 19.0 Å². The molecule has 0 aromatic rings. The van der Waals surface area contributed by atoms with Crippen LogP contribution in [0.4, 0.5) is 0 Å². The van der Waals surface area contributed by atoms with Crippen molar-refractivity contribution in [2.24, 2.45) is 5.92 Å². The predicted octanol–water partition coefficient (Wildman–Crippen LogP) is 2.05. The number of carbonyl (C=O) groups is 1. The summed E-state index contributed by atoms with van der Waals surface area (Å²) in [7, 11) is 0. The van der Waals surface area contributed by atoms with Crippen LogP contribution in [0, 0.1) is 17.2 Å². The van der Waals surface area contributed by atoms with Gasteiger partial charge in [0.25, 0.3) is 0 Å². The Labute approximate surface area is 114 Å². The Bertz CT molecular complexity index is 313. The van der Waals surface area contributed by atoms with Crippen LogP contribution >= 0.6 is 0 Å². The SMILES string of the molecule is CCCCOC[C@H]1OC(=O)[C@H](C#N)[C@@H]1OCCCC. The maximum atomic E-state index is 11.6. The van der Waals surface area contributed by atoms with Crippen molar-refractivity contribution in [1.29, 1.82) is 5.26 Å². The number of carbonyl (C=O) groups excluding carboxylic acids is 1. The van der Waals surface area contributed by atoms with Crippen molar-refractivity contribution in [3.8, 4) is 6.07 Å². The van der Waals surface area contributed by atoms with E-state index in [0.717, 1.165) is 25.7 Å². The molecule has 0 N–H and O–H groups in total. The van der Waals surface area contributed by atoms with Gasteiger partial charge in [-0.25, -0.2) is 0 Å². The summed E-state index contributed by atoms with van der Waals surface area (Å²) in [5.74, 6) is -1.32. The molecule has 1 heterocycles. The quantitative estimate of drug-likeness (QED) is 0.473. The molecule has 1 saturated heterocycles. The van der Waals surface area contributed by atoms with Crippen molar-refractivity contribution in [2.45, 2.75) is 51.7 Å². The molecule has 5 heteroatoms. The van der Waals surface area contributed by atoms with Gasteiger partial charge in [0.1, 0.15) is 6.10 Å². The number of rotatable bonds is 9. The summed E-state index contributed by atoms with van der Waals surface area (Å²) in [6.07, 6.45) is 3.00. The molecule has 1 fully saturated rings. The van der Waals surface area contributed by atoms with Gasteiger partial charge in [0.15, 0.2) is 12.0 Å². The average Bonchev–Trinajstić information content (AvgIpc) is 2.71. The van der Waals surface area contributed by atoms with Crippen LogP contribution in [0.3, 0.4) is 0 Å². The Hall–Kier alpha value is -1.12. The summed E-state index contributed by atoms with van der Waals surface area (Å²) in [6.45, 7) is 5.64. The minimum Gasteiger partial charge on any atom is -0.456 e. The summed E-state index contributed by atoms with van der Waals surface area (Å²) in [5.41, 5.74) is 0. The van der Waals surface area contributed by atoms with Gasteiger partial charge in [-0.1, -0.05) is 26.7 Å². The van der Waals surface area contributed by atoms with Crippen molar-refractivity contribution in [2.75, 3.05) is 19.8 Å². The summed E-state index contributed by atoms with van der Waals surface area (Å²) in [5, 5.41) is 9.02. The maximum Gasteiger partial charge on any atom is 0.326 e. The molecular weight excluding hydrogens is 246 g/mol. The van der Waals surface area contributed by atoms with Crippen molar-refractivity contribution in [1.82, 2.24) is 0 Å². The lowest BCUT2D eigenvalue weighted by molar-refractivity contribution is -0.145. The summed E-state index contributed by atoms with van der Waals surface area (Å²) < 4.78 is 16.3. The van der Waals surface area contributed by atoms with E-state index in [2.05, 4.69) is 13.8 Å². The van der Waals surface area contributed by atoms with Crippen LogP contribution in [0.1, 0.15) is 39.5 Å². The fourth-order valence-corrected chi connectivity index (χ4v) is 1.91. The van der Waals surface area contributed by atoms with Crippen LogP contribution in [0.25, 0.3) is 0 Å². The second kappa shape index (κ2) is 8.89. The van der Waals surface area contributed by atoms with E-state index in [1.165, 1.54) is 0 Å². The lowest BCUT2D eigenvalue weighted by atomic mass is 10.0. The molecule has 0 aromatic heterocycles. The van der Waals surface area contributed by atoms with E-state index in [-0.39, 0.29) is 0 Å². The zero-order valence-corrected chi connectivity index (χ0v) is 11.8. The van der Waals surface area contributed by atoms with E-state index in [1.54, 1.807) is 0 Å². The number of unbranched alkanes of at least 4 members (excludes halogenated alkanes) is 2. The van der Waals surface area contributed by atoms with Gasteiger partial charge in [0.2, 0.25) is 0 Å². The van der Waals surface area contributed by atoms with E-state index >= 15 is 0 Å². The number of ether oxygens (including phenoxy) is 3. The Morgan fingerprint density at radius 1 is 1.26 bits per heavy atom. The van der Waals surface area contributed by atoms with Gasteiger partial charge in [-0.2, -0.15) is 5.26 Å². The standard InChI is InChI=1S/C14H23NO4/c1-3-5-7-17-10-12-13(18-8-6-4-2)11(9-15)14(16)19-12/h11-13H,3-8,10H2,1-2H3/t11-,12-,13+/m1/s1. The fourth-order valence-electron chi connectivity index (χ4n) is 1.91. The molecule has 108 valence electrons. The lowest BCUT2D eigenvalue weighted by Gasteiger charge is -2.19. The molecule has 0 amide bonds. The summed E-state index contributed by atoms with van der Waals surface area (Å²) in [4.78, 5) is 11.6. The highest BCUT2D eigenvalue weighted by molar-refractivity contribution is 5.78. The minimum absolute atomic E-state index is 0.306. The first kappa shape index (κ1) is 15.9. The van der Waals surface area contributed by atoms with E-state index in [1.807, 2.05) is 6.07 Å². The van der Waals surface area contributed by atoms with Gasteiger partial charge < -0.3 is 14.2 Å². The third-order valence-corrected chi connectivity index (χ3v) is 3.09. The highest BCUT2D eigenvalue weighted by Crippen LogP contribution is 2.25. The van der Waals surface area contributed by atoms with Crippen molar-refractivity contribution in [3.63, 3.8) is 0 Å². The molecule has 1 rings (SSSR count). The fraction of sp³-hybridized carbons (Fsp3) is 0.857. The lowest BCUT2D eigenvalue weighted by Crippen LogP contribution is -2.33. The molecule has 0 unspecified atom stereocenters. The molecule has 0 radical (unpaired) electrons. The Balaban J connectivity index is 2.46. The van der Waals surface area contributed by atoms with Crippen LogP contribution in [0.5, 0.6) is 0 Å². The van der Waals surface area contributed by atoms with Gasteiger partial charge >= 0.3 is 5.97 Å². The predicted molar refractivity (Wildman–Crippen MR) is 69.4 cm³/mol. The largest absolute Gasteiger partial charge is 0.456 e. The van der Waals surface area contributed by atoms with Crippen molar-refractivity contribution in [3.05, 3.63) is 0 Å². The molecular formula is C14H23NO4. The summed E-state index contributed by atoms with van der Waals surface area (Å²) >= 11 is 0. The first-order chi connectivity index (χ1) is 9.24. The van der Waals surface area contributed by atoms with Crippen LogP contribution in [-0.4, -0.2) is 38.0 Å². The van der Waals surface area contributed by atoms with Crippen LogP contribution in [0.2, 0.25) is 0 Å². The molecule has 5 nitrogen and oxygen atoms in total. The zero-order chi connectivity index (χ0) is 14.1. The molecule has 0 aliphatic carbocycles. The Morgan fingerprint density at radius 3 is 2.58 bits per heavy atom. The molecule has 3 atom stereocenters. The number of nitriles is 1. The van der Waals surface area contributed by atoms with E-state index in [9.17, 15) is 4.79 Å². The van der Waals surface area contributed by atoms with Gasteiger partial charge in [0.05, 0.1) is 12.7 Å². The smallest absolute Gasteiger partial charge is 0.326 e. The molecule has 0 spiro atoms. The van der Waals surface area contributed by atoms with E-state index in [4.69, 9.17) is 19.5 Å². The average molecular weight is 269 g/mol. The van der Waals surface area contributed by atoms with Crippen LogP contribution in [-0.2, 0) is 19.0 Å². The second-order valence-corrected chi connectivity index (χ2v) is 4.70. The molecule has 1 aliphatic rings. The first-order valence-corrected chi connectivity index (χ1v) is 7.04. The molecule has 0 aromatic carbocycles. The zero-order valence-electron chi connectivity index (χ0n) is 11.8. The van der Waals surface area contributed by atoms with Gasteiger partial charge in [-0.15, -0.1) is 0 Å². The number of cyclic esters (lactones) is 1. The third-order valence-electron chi connectivity index (χ3n) is 3.09. The molecule has 19 heavy (non-hydrogen) atoms. The van der Waals surface area contributed by atoms with Gasteiger partial charge in [0, 0.05) is 13.2 Å². The highest BCUT2D eigenvalue weighted by Gasteiger charge is 2.45. The molecule has 0 saturated carbocycles. The number of esters is 1. The Kier molecular flexibility index (Phi) is 7.46. The third kappa shape index (κ3) is 4.81. The monoisotopic (exact) mass is 269 g/mol. The molecule has 0 bridgehead atoms. The normalized spacial score (nSPS) is 26.2. The minimum atomic E-state index is -0.823. The number of hydrogen-bond acceptors (Lipinski definition) is 5. The second-order valence-electron chi connectivity index (χ2n) is 4.70. The number of nitrogens with zero attached hydrogens (tertiary/aromatic N) is 1. The maximum absolute atomic E-state index is 11.6. The van der Waals surface area contributed by atoms with E-state index in [0.29, 0.717) is 19.8 Å². The van der Waals surface area contributed by atoms with Crippen LogP contribution in [0.15, 0.2) is 0 Å². The van der Waals surface area contributed by atoms with Gasteiger partial charge in [-0.3, -0.25) is 4.79 Å².